The first-order chi connectivity index (χ1) is 7.65. The van der Waals surface area contributed by atoms with Crippen molar-refractivity contribution < 1.29 is 4.79 Å². The zero-order valence-electron chi connectivity index (χ0n) is 9.61. The molecular formula is C12H19N3O. The van der Waals surface area contributed by atoms with Crippen molar-refractivity contribution in [2.24, 2.45) is 5.73 Å². The van der Waals surface area contributed by atoms with E-state index in [4.69, 9.17) is 12.2 Å². The molecule has 4 heteroatoms. The number of piperazine rings is 1. The van der Waals surface area contributed by atoms with Crippen LogP contribution in [0.4, 0.5) is 0 Å². The Balaban J connectivity index is 1.85. The molecule has 0 aromatic heterocycles. The van der Waals surface area contributed by atoms with Crippen LogP contribution in [0.1, 0.15) is 19.3 Å². The Labute approximate surface area is 96.8 Å². The average Bonchev–Trinajstić information content (AvgIpc) is 2.26. The molecule has 1 amide bonds. The SMILES string of the molecule is C#CCN1CCN(C(=O)C2(N)CCC2)CC1. The number of hydrogen-bond acceptors (Lipinski definition) is 3. The molecule has 2 aliphatic rings. The predicted molar refractivity (Wildman–Crippen MR) is 62.6 cm³/mol. The standard InChI is InChI=1S/C12H19N3O/c1-2-6-14-7-9-15(10-8-14)11(16)12(13)4-3-5-12/h1H,3-10,13H2. The summed E-state index contributed by atoms with van der Waals surface area (Å²) < 4.78 is 0. The Kier molecular flexibility index (Phi) is 3.17. The summed E-state index contributed by atoms with van der Waals surface area (Å²) in [5.74, 6) is 2.77. The Hall–Kier alpha value is -1.05. The molecule has 0 bridgehead atoms. The van der Waals surface area contributed by atoms with Crippen LogP contribution in [0.25, 0.3) is 0 Å². The Morgan fingerprint density at radius 3 is 2.38 bits per heavy atom. The van der Waals surface area contributed by atoms with Gasteiger partial charge in [0.05, 0.1) is 12.1 Å². The molecule has 0 spiro atoms. The zero-order chi connectivity index (χ0) is 11.6. The van der Waals surface area contributed by atoms with E-state index in [1.807, 2.05) is 4.90 Å². The Bertz CT molecular complexity index is 309. The van der Waals surface area contributed by atoms with Gasteiger partial charge in [0.2, 0.25) is 5.91 Å². The van der Waals surface area contributed by atoms with Crippen molar-refractivity contribution in [2.75, 3.05) is 32.7 Å². The van der Waals surface area contributed by atoms with Gasteiger partial charge in [0, 0.05) is 26.2 Å². The summed E-state index contributed by atoms with van der Waals surface area (Å²) in [5.41, 5.74) is 5.49. The summed E-state index contributed by atoms with van der Waals surface area (Å²) in [7, 11) is 0. The van der Waals surface area contributed by atoms with Gasteiger partial charge in [0.25, 0.3) is 0 Å². The van der Waals surface area contributed by atoms with Gasteiger partial charge in [-0.3, -0.25) is 9.69 Å². The quantitative estimate of drug-likeness (QED) is 0.648. The lowest BCUT2D eigenvalue weighted by atomic mass is 9.76. The van der Waals surface area contributed by atoms with E-state index < -0.39 is 5.54 Å². The number of terminal acetylenes is 1. The average molecular weight is 221 g/mol. The van der Waals surface area contributed by atoms with Crippen LogP contribution in [0, 0.1) is 12.3 Å². The number of nitrogens with zero attached hydrogens (tertiary/aromatic N) is 2. The summed E-state index contributed by atoms with van der Waals surface area (Å²) in [5, 5.41) is 0. The smallest absolute Gasteiger partial charge is 0.242 e. The zero-order valence-corrected chi connectivity index (χ0v) is 9.61. The molecule has 0 unspecified atom stereocenters. The molecule has 0 radical (unpaired) electrons. The first kappa shape index (κ1) is 11.4. The third-order valence-electron chi connectivity index (χ3n) is 3.65. The van der Waals surface area contributed by atoms with E-state index in [9.17, 15) is 4.79 Å². The van der Waals surface area contributed by atoms with Gasteiger partial charge in [-0.1, -0.05) is 5.92 Å². The topological polar surface area (TPSA) is 49.6 Å². The molecule has 0 aromatic rings. The number of rotatable bonds is 2. The second-order valence-corrected chi connectivity index (χ2v) is 4.78. The number of nitrogens with two attached hydrogens (primary N) is 1. The van der Waals surface area contributed by atoms with Gasteiger partial charge in [-0.15, -0.1) is 6.42 Å². The van der Waals surface area contributed by atoms with Crippen molar-refractivity contribution in [3.05, 3.63) is 0 Å². The molecule has 2 rings (SSSR count). The van der Waals surface area contributed by atoms with Crippen molar-refractivity contribution in [3.8, 4) is 12.3 Å². The minimum absolute atomic E-state index is 0.138. The number of carbonyl (C=O) groups excluding carboxylic acids is 1. The van der Waals surface area contributed by atoms with Gasteiger partial charge >= 0.3 is 0 Å². The Morgan fingerprint density at radius 2 is 1.94 bits per heavy atom. The van der Waals surface area contributed by atoms with Gasteiger partial charge in [-0.05, 0) is 19.3 Å². The molecule has 1 aliphatic carbocycles. The molecule has 4 nitrogen and oxygen atoms in total. The van der Waals surface area contributed by atoms with Crippen LogP contribution in [-0.4, -0.2) is 54.0 Å². The third kappa shape index (κ3) is 2.06. The van der Waals surface area contributed by atoms with Crippen molar-refractivity contribution in [1.82, 2.24) is 9.80 Å². The van der Waals surface area contributed by atoms with Crippen LogP contribution in [0.3, 0.4) is 0 Å². The molecule has 88 valence electrons. The molecule has 1 heterocycles. The Morgan fingerprint density at radius 1 is 1.31 bits per heavy atom. The molecule has 1 saturated heterocycles. The van der Waals surface area contributed by atoms with Crippen LogP contribution < -0.4 is 5.73 Å². The van der Waals surface area contributed by atoms with Crippen molar-refractivity contribution >= 4 is 5.91 Å². The van der Waals surface area contributed by atoms with E-state index in [-0.39, 0.29) is 5.91 Å². The van der Waals surface area contributed by atoms with Crippen LogP contribution in [0.2, 0.25) is 0 Å². The molecule has 16 heavy (non-hydrogen) atoms. The fraction of sp³-hybridized carbons (Fsp3) is 0.750. The largest absolute Gasteiger partial charge is 0.339 e. The molecule has 0 atom stereocenters. The van der Waals surface area contributed by atoms with Gasteiger partial charge in [0.15, 0.2) is 0 Å². The molecular weight excluding hydrogens is 202 g/mol. The van der Waals surface area contributed by atoms with Crippen LogP contribution >= 0.6 is 0 Å². The summed E-state index contributed by atoms with van der Waals surface area (Å²) in [6.45, 7) is 3.94. The predicted octanol–water partition coefficient (Wildman–Crippen LogP) is -0.355. The molecule has 1 aliphatic heterocycles. The lowest BCUT2D eigenvalue weighted by Crippen LogP contribution is -2.62. The number of hydrogen-bond donors (Lipinski definition) is 1. The monoisotopic (exact) mass is 221 g/mol. The molecule has 0 aromatic carbocycles. The van der Waals surface area contributed by atoms with E-state index in [1.165, 1.54) is 0 Å². The first-order valence-corrected chi connectivity index (χ1v) is 5.90. The first-order valence-electron chi connectivity index (χ1n) is 5.90. The van der Waals surface area contributed by atoms with E-state index in [0.29, 0.717) is 6.54 Å². The van der Waals surface area contributed by atoms with Gasteiger partial charge in [-0.25, -0.2) is 0 Å². The normalized spacial score (nSPS) is 24.6. The van der Waals surface area contributed by atoms with E-state index >= 15 is 0 Å². The maximum absolute atomic E-state index is 12.1. The summed E-state index contributed by atoms with van der Waals surface area (Å²) in [6, 6.07) is 0. The lowest BCUT2D eigenvalue weighted by molar-refractivity contribution is -0.141. The number of amides is 1. The van der Waals surface area contributed by atoms with Crippen LogP contribution in [-0.2, 0) is 4.79 Å². The van der Waals surface area contributed by atoms with Gasteiger partial charge in [0.1, 0.15) is 0 Å². The highest BCUT2D eigenvalue weighted by Gasteiger charge is 2.43. The minimum atomic E-state index is -0.547. The van der Waals surface area contributed by atoms with Gasteiger partial charge < -0.3 is 10.6 Å². The summed E-state index contributed by atoms with van der Waals surface area (Å²) in [6.07, 6.45) is 8.03. The van der Waals surface area contributed by atoms with Crippen molar-refractivity contribution in [2.45, 2.75) is 24.8 Å². The van der Waals surface area contributed by atoms with E-state index in [1.54, 1.807) is 0 Å². The minimum Gasteiger partial charge on any atom is -0.339 e. The third-order valence-corrected chi connectivity index (χ3v) is 3.65. The molecule has 2 fully saturated rings. The second-order valence-electron chi connectivity index (χ2n) is 4.78. The summed E-state index contributed by atoms with van der Waals surface area (Å²) >= 11 is 0. The van der Waals surface area contributed by atoms with Crippen molar-refractivity contribution in [3.63, 3.8) is 0 Å². The fourth-order valence-corrected chi connectivity index (χ4v) is 2.32. The van der Waals surface area contributed by atoms with Crippen LogP contribution in [0.15, 0.2) is 0 Å². The summed E-state index contributed by atoms with van der Waals surface area (Å²) in [4.78, 5) is 16.2. The number of carbonyl (C=O) groups is 1. The maximum Gasteiger partial charge on any atom is 0.242 e. The lowest BCUT2D eigenvalue weighted by Gasteiger charge is -2.43. The fourth-order valence-electron chi connectivity index (χ4n) is 2.32. The molecule has 2 N–H and O–H groups in total. The second kappa shape index (κ2) is 4.44. The van der Waals surface area contributed by atoms with E-state index in [0.717, 1.165) is 45.4 Å². The highest BCUT2D eigenvalue weighted by molar-refractivity contribution is 5.87. The molecule has 1 saturated carbocycles. The van der Waals surface area contributed by atoms with Crippen LogP contribution in [0.5, 0.6) is 0 Å². The highest BCUT2D eigenvalue weighted by Crippen LogP contribution is 2.31. The van der Waals surface area contributed by atoms with Gasteiger partial charge in [-0.2, -0.15) is 0 Å². The van der Waals surface area contributed by atoms with E-state index in [2.05, 4.69) is 10.8 Å². The highest BCUT2D eigenvalue weighted by atomic mass is 16.2. The van der Waals surface area contributed by atoms with Crippen molar-refractivity contribution in [1.29, 1.82) is 0 Å². The maximum atomic E-state index is 12.1.